The minimum atomic E-state index is -0.714. The van der Waals surface area contributed by atoms with Gasteiger partial charge in [-0.1, -0.05) is 12.1 Å². The summed E-state index contributed by atoms with van der Waals surface area (Å²) in [5.74, 6) is 0.740. The summed E-state index contributed by atoms with van der Waals surface area (Å²) in [5, 5.41) is 14.6. The van der Waals surface area contributed by atoms with Crippen molar-refractivity contribution in [2.45, 2.75) is 19.4 Å². The minimum absolute atomic E-state index is 0.233. The van der Waals surface area contributed by atoms with Crippen LogP contribution in [0.25, 0.3) is 5.69 Å². The van der Waals surface area contributed by atoms with Gasteiger partial charge in [0, 0.05) is 28.9 Å². The maximum absolute atomic E-state index is 11.0. The first-order valence-corrected chi connectivity index (χ1v) is 8.26. The van der Waals surface area contributed by atoms with Gasteiger partial charge in [0.25, 0.3) is 0 Å². The molecule has 2 atom stereocenters. The van der Waals surface area contributed by atoms with Gasteiger partial charge in [-0.15, -0.1) is 5.10 Å². The number of benzene rings is 1. The maximum atomic E-state index is 11.0. The first-order valence-electron chi connectivity index (χ1n) is 6.53. The zero-order valence-corrected chi connectivity index (χ0v) is 12.5. The molecule has 2 rings (SSSR count). The standard InChI is InChI=1S/C13H19N5OS/c1-11(14-7-4-8-20(2)19)12-5-3-6-13(9-12)18-10-15-16-17-18/h3,5-6,9-11,14H,4,7-8H2,1-2H3. The molecule has 7 heteroatoms. The van der Waals surface area contributed by atoms with Gasteiger partial charge in [0.05, 0.1) is 5.69 Å². The Morgan fingerprint density at radius 1 is 1.45 bits per heavy atom. The Labute approximate surface area is 121 Å². The number of nitrogens with zero attached hydrogens (tertiary/aromatic N) is 4. The van der Waals surface area contributed by atoms with Crippen LogP contribution in [0, 0.1) is 0 Å². The van der Waals surface area contributed by atoms with E-state index in [0.717, 1.165) is 24.4 Å². The van der Waals surface area contributed by atoms with Crippen LogP contribution in [-0.4, -0.2) is 43.0 Å². The van der Waals surface area contributed by atoms with E-state index >= 15 is 0 Å². The van der Waals surface area contributed by atoms with Crippen LogP contribution in [0.1, 0.15) is 24.9 Å². The highest BCUT2D eigenvalue weighted by Gasteiger charge is 2.06. The van der Waals surface area contributed by atoms with Gasteiger partial charge in [-0.05, 0) is 48.0 Å². The molecule has 0 aliphatic rings. The lowest BCUT2D eigenvalue weighted by Crippen LogP contribution is -2.21. The van der Waals surface area contributed by atoms with Gasteiger partial charge < -0.3 is 5.32 Å². The molecule has 0 saturated carbocycles. The Bertz CT molecular complexity index is 558. The lowest BCUT2D eigenvalue weighted by atomic mass is 10.1. The fourth-order valence-electron chi connectivity index (χ4n) is 1.93. The summed E-state index contributed by atoms with van der Waals surface area (Å²) >= 11 is 0. The second-order valence-corrected chi connectivity index (χ2v) is 6.21. The van der Waals surface area contributed by atoms with Gasteiger partial charge in [-0.25, -0.2) is 4.68 Å². The van der Waals surface area contributed by atoms with E-state index < -0.39 is 10.8 Å². The van der Waals surface area contributed by atoms with Gasteiger partial charge in [0.1, 0.15) is 6.33 Å². The van der Waals surface area contributed by atoms with Gasteiger partial charge in [-0.3, -0.25) is 4.21 Å². The van der Waals surface area contributed by atoms with Gasteiger partial charge >= 0.3 is 0 Å². The number of hydrogen-bond acceptors (Lipinski definition) is 5. The van der Waals surface area contributed by atoms with Crippen LogP contribution in [0.2, 0.25) is 0 Å². The summed E-state index contributed by atoms with van der Waals surface area (Å²) in [4.78, 5) is 0. The predicted molar refractivity (Wildman–Crippen MR) is 79.1 cm³/mol. The molecule has 2 unspecified atom stereocenters. The number of hydrogen-bond donors (Lipinski definition) is 1. The van der Waals surface area contributed by atoms with Crippen molar-refractivity contribution in [3.63, 3.8) is 0 Å². The van der Waals surface area contributed by atoms with E-state index in [9.17, 15) is 4.21 Å². The molecular formula is C13H19N5OS. The number of nitrogens with one attached hydrogen (secondary N) is 1. The molecule has 0 saturated heterocycles. The molecule has 108 valence electrons. The summed E-state index contributed by atoms with van der Waals surface area (Å²) in [6, 6.07) is 8.32. The molecule has 0 bridgehead atoms. The van der Waals surface area contributed by atoms with Crippen LogP contribution in [0.3, 0.4) is 0 Å². The molecule has 1 heterocycles. The van der Waals surface area contributed by atoms with Gasteiger partial charge in [0.15, 0.2) is 0 Å². The van der Waals surface area contributed by atoms with Crippen LogP contribution in [0.5, 0.6) is 0 Å². The molecule has 1 aromatic heterocycles. The molecule has 0 fully saturated rings. The van der Waals surface area contributed by atoms with Crippen LogP contribution in [0.4, 0.5) is 0 Å². The first kappa shape index (κ1) is 14.8. The Hall–Kier alpha value is -1.60. The van der Waals surface area contributed by atoms with E-state index in [1.165, 1.54) is 5.56 Å². The molecule has 1 N–H and O–H groups in total. The highest BCUT2D eigenvalue weighted by atomic mass is 32.2. The van der Waals surface area contributed by atoms with E-state index in [-0.39, 0.29) is 6.04 Å². The van der Waals surface area contributed by atoms with Gasteiger partial charge in [-0.2, -0.15) is 0 Å². The van der Waals surface area contributed by atoms with Crippen molar-refractivity contribution in [2.75, 3.05) is 18.6 Å². The molecule has 0 amide bonds. The first-order chi connectivity index (χ1) is 9.66. The molecule has 0 aliphatic carbocycles. The van der Waals surface area contributed by atoms with E-state index in [2.05, 4.69) is 39.9 Å². The van der Waals surface area contributed by atoms with E-state index in [4.69, 9.17) is 0 Å². The number of aromatic nitrogens is 4. The molecule has 1 aromatic carbocycles. The third-order valence-electron chi connectivity index (χ3n) is 3.04. The normalized spacial score (nSPS) is 14.1. The zero-order valence-electron chi connectivity index (χ0n) is 11.7. The molecule has 0 spiro atoms. The fourth-order valence-corrected chi connectivity index (χ4v) is 2.48. The molecule has 6 nitrogen and oxygen atoms in total. The maximum Gasteiger partial charge on any atom is 0.143 e. The molecule has 0 radical (unpaired) electrons. The van der Waals surface area contributed by atoms with Crippen molar-refractivity contribution in [3.8, 4) is 5.69 Å². The highest BCUT2D eigenvalue weighted by molar-refractivity contribution is 7.84. The van der Waals surface area contributed by atoms with Crippen molar-refractivity contribution < 1.29 is 4.21 Å². The Balaban J connectivity index is 1.94. The van der Waals surface area contributed by atoms with Crippen LogP contribution >= 0.6 is 0 Å². The minimum Gasteiger partial charge on any atom is -0.310 e. The molecule has 0 aliphatic heterocycles. The topological polar surface area (TPSA) is 72.7 Å². The molecule has 2 aromatic rings. The molecule has 20 heavy (non-hydrogen) atoms. The highest BCUT2D eigenvalue weighted by Crippen LogP contribution is 2.15. The average molecular weight is 293 g/mol. The van der Waals surface area contributed by atoms with Crippen molar-refractivity contribution in [1.82, 2.24) is 25.5 Å². The van der Waals surface area contributed by atoms with Crippen molar-refractivity contribution in [3.05, 3.63) is 36.2 Å². The number of rotatable bonds is 7. The summed E-state index contributed by atoms with van der Waals surface area (Å²) in [7, 11) is -0.714. The van der Waals surface area contributed by atoms with E-state index in [1.807, 2.05) is 12.1 Å². The quantitative estimate of drug-likeness (QED) is 0.773. The second-order valence-electron chi connectivity index (χ2n) is 4.66. The van der Waals surface area contributed by atoms with Crippen LogP contribution < -0.4 is 5.32 Å². The summed E-state index contributed by atoms with van der Waals surface area (Å²) in [6.45, 7) is 2.97. The lowest BCUT2D eigenvalue weighted by Gasteiger charge is -2.15. The lowest BCUT2D eigenvalue weighted by molar-refractivity contribution is 0.570. The average Bonchev–Trinajstić information content (AvgIpc) is 2.97. The van der Waals surface area contributed by atoms with Crippen molar-refractivity contribution in [2.24, 2.45) is 0 Å². The SMILES string of the molecule is CC(NCCCS(C)=O)c1cccc(-n2cnnn2)c1. The Morgan fingerprint density at radius 2 is 2.30 bits per heavy atom. The summed E-state index contributed by atoms with van der Waals surface area (Å²) in [5.41, 5.74) is 2.12. The van der Waals surface area contributed by atoms with Gasteiger partial charge in [0.2, 0.25) is 0 Å². The Kier molecular flexibility index (Phi) is 5.37. The van der Waals surface area contributed by atoms with Crippen molar-refractivity contribution in [1.29, 1.82) is 0 Å². The largest absolute Gasteiger partial charge is 0.310 e. The zero-order chi connectivity index (χ0) is 14.4. The third-order valence-corrected chi connectivity index (χ3v) is 3.91. The predicted octanol–water partition coefficient (Wildman–Crippen LogP) is 1.08. The van der Waals surface area contributed by atoms with Crippen molar-refractivity contribution >= 4 is 10.8 Å². The Morgan fingerprint density at radius 3 is 3.00 bits per heavy atom. The third kappa shape index (κ3) is 4.21. The summed E-state index contributed by atoms with van der Waals surface area (Å²) in [6.07, 6.45) is 4.23. The smallest absolute Gasteiger partial charge is 0.143 e. The number of tetrazole rings is 1. The van der Waals surface area contributed by atoms with E-state index in [1.54, 1.807) is 17.3 Å². The summed E-state index contributed by atoms with van der Waals surface area (Å²) < 4.78 is 12.6. The fraction of sp³-hybridized carbons (Fsp3) is 0.462. The van der Waals surface area contributed by atoms with Crippen LogP contribution in [-0.2, 0) is 10.8 Å². The monoisotopic (exact) mass is 293 g/mol. The van der Waals surface area contributed by atoms with E-state index in [0.29, 0.717) is 0 Å². The van der Waals surface area contributed by atoms with Crippen LogP contribution in [0.15, 0.2) is 30.6 Å². The second kappa shape index (κ2) is 7.25. The molecular weight excluding hydrogens is 274 g/mol.